The van der Waals surface area contributed by atoms with Crippen LogP contribution in [0.3, 0.4) is 0 Å². The third kappa shape index (κ3) is 2.26. The highest BCUT2D eigenvalue weighted by atomic mass is 15.3. The van der Waals surface area contributed by atoms with Crippen molar-refractivity contribution in [3.8, 4) is 0 Å². The molecule has 2 aliphatic heterocycles. The van der Waals surface area contributed by atoms with Gasteiger partial charge in [0.05, 0.1) is 11.4 Å². The van der Waals surface area contributed by atoms with Crippen LogP contribution in [-0.4, -0.2) is 46.9 Å². The van der Waals surface area contributed by atoms with Crippen LogP contribution in [0.2, 0.25) is 0 Å². The Bertz CT molecular complexity index is 412. The first-order valence-electron chi connectivity index (χ1n) is 7.23. The molecule has 0 radical (unpaired) electrons. The summed E-state index contributed by atoms with van der Waals surface area (Å²) in [6.07, 6.45) is 7.62. The first-order chi connectivity index (χ1) is 8.74. The van der Waals surface area contributed by atoms with E-state index in [1.807, 2.05) is 11.7 Å². The van der Waals surface area contributed by atoms with Crippen LogP contribution in [-0.2, 0) is 7.05 Å². The smallest absolute Gasteiger partial charge is 0.0827 e. The number of fused-ring (bicyclic) bond motifs is 1. The molecule has 0 N–H and O–H groups in total. The Morgan fingerprint density at radius 2 is 2.00 bits per heavy atom. The molecule has 0 saturated carbocycles. The predicted octanol–water partition coefficient (Wildman–Crippen LogP) is 1.79. The summed E-state index contributed by atoms with van der Waals surface area (Å²) in [5, 5.41) is 4.48. The van der Waals surface area contributed by atoms with E-state index in [-0.39, 0.29) is 0 Å². The number of hydrogen-bond acceptors (Lipinski definition) is 3. The lowest BCUT2D eigenvalue weighted by atomic mass is 10.0. The second-order valence-electron chi connectivity index (χ2n) is 5.76. The SMILES string of the molecule is Cc1nn(C)cc1N1CCCN2CCCCC2C1. The molecule has 0 aliphatic carbocycles. The number of aromatic nitrogens is 2. The molecule has 0 spiro atoms. The molecule has 0 aromatic carbocycles. The molecule has 2 saturated heterocycles. The zero-order chi connectivity index (χ0) is 12.5. The van der Waals surface area contributed by atoms with Crippen molar-refractivity contribution >= 4 is 5.69 Å². The zero-order valence-electron chi connectivity index (χ0n) is 11.6. The van der Waals surface area contributed by atoms with Crippen molar-refractivity contribution < 1.29 is 0 Å². The van der Waals surface area contributed by atoms with Crippen LogP contribution in [0.15, 0.2) is 6.20 Å². The average molecular weight is 248 g/mol. The summed E-state index contributed by atoms with van der Waals surface area (Å²) in [6.45, 7) is 7.08. The van der Waals surface area contributed by atoms with Gasteiger partial charge < -0.3 is 4.90 Å². The van der Waals surface area contributed by atoms with Gasteiger partial charge in [0.2, 0.25) is 0 Å². The summed E-state index contributed by atoms with van der Waals surface area (Å²) in [5.41, 5.74) is 2.51. The van der Waals surface area contributed by atoms with Crippen LogP contribution >= 0.6 is 0 Å². The molecule has 4 heteroatoms. The Labute approximate surface area is 110 Å². The maximum Gasteiger partial charge on any atom is 0.0827 e. The van der Waals surface area contributed by atoms with Gasteiger partial charge in [-0.2, -0.15) is 5.10 Å². The Balaban J connectivity index is 1.78. The average Bonchev–Trinajstić information content (AvgIpc) is 2.59. The van der Waals surface area contributed by atoms with Crippen LogP contribution in [0, 0.1) is 6.92 Å². The Hall–Kier alpha value is -1.03. The molecule has 1 unspecified atom stereocenters. The quantitative estimate of drug-likeness (QED) is 0.757. The van der Waals surface area contributed by atoms with Crippen molar-refractivity contribution in [3.05, 3.63) is 11.9 Å². The summed E-state index contributed by atoms with van der Waals surface area (Å²) in [6, 6.07) is 0.765. The van der Waals surface area contributed by atoms with Crippen molar-refractivity contribution in [2.75, 3.05) is 31.1 Å². The third-order valence-electron chi connectivity index (χ3n) is 4.38. The van der Waals surface area contributed by atoms with E-state index in [1.165, 1.54) is 63.2 Å². The Kier molecular flexibility index (Phi) is 3.29. The zero-order valence-corrected chi connectivity index (χ0v) is 11.6. The van der Waals surface area contributed by atoms with Gasteiger partial charge in [0.1, 0.15) is 0 Å². The molecule has 4 nitrogen and oxygen atoms in total. The largest absolute Gasteiger partial charge is 0.367 e. The van der Waals surface area contributed by atoms with E-state index in [2.05, 4.69) is 28.0 Å². The lowest BCUT2D eigenvalue weighted by Gasteiger charge is -2.35. The van der Waals surface area contributed by atoms with Crippen molar-refractivity contribution in [2.45, 2.75) is 38.6 Å². The monoisotopic (exact) mass is 248 g/mol. The number of piperidine rings is 1. The van der Waals surface area contributed by atoms with E-state index in [4.69, 9.17) is 0 Å². The highest BCUT2D eigenvalue weighted by Crippen LogP contribution is 2.25. The molecule has 0 amide bonds. The Morgan fingerprint density at radius 1 is 1.17 bits per heavy atom. The molecular weight excluding hydrogens is 224 g/mol. The molecular formula is C14H24N4. The number of rotatable bonds is 1. The first-order valence-corrected chi connectivity index (χ1v) is 7.23. The van der Waals surface area contributed by atoms with Crippen LogP contribution in [0.25, 0.3) is 0 Å². The van der Waals surface area contributed by atoms with Gasteiger partial charge in [-0.25, -0.2) is 0 Å². The summed E-state index contributed by atoms with van der Waals surface area (Å²) in [5.74, 6) is 0. The lowest BCUT2D eigenvalue weighted by molar-refractivity contribution is 0.162. The normalized spacial score (nSPS) is 25.9. The Morgan fingerprint density at radius 3 is 2.78 bits per heavy atom. The highest BCUT2D eigenvalue weighted by molar-refractivity contribution is 5.49. The van der Waals surface area contributed by atoms with E-state index in [9.17, 15) is 0 Å². The molecule has 1 atom stereocenters. The van der Waals surface area contributed by atoms with E-state index in [0.29, 0.717) is 0 Å². The van der Waals surface area contributed by atoms with E-state index in [0.717, 1.165) is 6.04 Å². The van der Waals surface area contributed by atoms with Crippen molar-refractivity contribution in [1.29, 1.82) is 0 Å². The predicted molar refractivity (Wildman–Crippen MR) is 74.0 cm³/mol. The summed E-state index contributed by atoms with van der Waals surface area (Å²) in [4.78, 5) is 5.26. The van der Waals surface area contributed by atoms with Crippen molar-refractivity contribution in [2.24, 2.45) is 7.05 Å². The van der Waals surface area contributed by atoms with Gasteiger partial charge in [0.15, 0.2) is 0 Å². The summed E-state index contributed by atoms with van der Waals surface area (Å²) < 4.78 is 1.94. The minimum atomic E-state index is 0.765. The lowest BCUT2D eigenvalue weighted by Crippen LogP contribution is -2.44. The topological polar surface area (TPSA) is 24.3 Å². The third-order valence-corrected chi connectivity index (χ3v) is 4.38. The molecule has 2 aliphatic rings. The number of hydrogen-bond donors (Lipinski definition) is 0. The van der Waals surface area contributed by atoms with Gasteiger partial charge in [0.25, 0.3) is 0 Å². The minimum absolute atomic E-state index is 0.765. The van der Waals surface area contributed by atoms with Crippen molar-refractivity contribution in [1.82, 2.24) is 14.7 Å². The second kappa shape index (κ2) is 4.92. The second-order valence-corrected chi connectivity index (χ2v) is 5.76. The first kappa shape index (κ1) is 12.0. The van der Waals surface area contributed by atoms with Crippen LogP contribution in [0.5, 0.6) is 0 Å². The maximum atomic E-state index is 4.48. The molecule has 2 fully saturated rings. The molecule has 1 aromatic rings. The van der Waals surface area contributed by atoms with Gasteiger partial charge in [0, 0.05) is 38.9 Å². The molecule has 18 heavy (non-hydrogen) atoms. The van der Waals surface area contributed by atoms with Gasteiger partial charge in [-0.1, -0.05) is 6.42 Å². The van der Waals surface area contributed by atoms with E-state index >= 15 is 0 Å². The maximum absolute atomic E-state index is 4.48. The highest BCUT2D eigenvalue weighted by Gasteiger charge is 2.28. The number of anilines is 1. The number of aryl methyl sites for hydroxylation is 2. The van der Waals surface area contributed by atoms with E-state index in [1.54, 1.807) is 0 Å². The minimum Gasteiger partial charge on any atom is -0.367 e. The van der Waals surface area contributed by atoms with Gasteiger partial charge in [-0.3, -0.25) is 9.58 Å². The molecule has 3 rings (SSSR count). The summed E-state index contributed by atoms with van der Waals surface area (Å²) >= 11 is 0. The molecule has 3 heterocycles. The number of nitrogens with zero attached hydrogens (tertiary/aromatic N) is 4. The molecule has 0 bridgehead atoms. The van der Waals surface area contributed by atoms with Crippen LogP contribution in [0.4, 0.5) is 5.69 Å². The summed E-state index contributed by atoms with van der Waals surface area (Å²) in [7, 11) is 2.02. The van der Waals surface area contributed by atoms with E-state index < -0.39 is 0 Å². The van der Waals surface area contributed by atoms with Gasteiger partial charge >= 0.3 is 0 Å². The van der Waals surface area contributed by atoms with Crippen LogP contribution < -0.4 is 4.90 Å². The fourth-order valence-electron chi connectivity index (χ4n) is 3.49. The fraction of sp³-hybridized carbons (Fsp3) is 0.786. The van der Waals surface area contributed by atoms with Gasteiger partial charge in [-0.15, -0.1) is 0 Å². The fourth-order valence-corrected chi connectivity index (χ4v) is 3.49. The van der Waals surface area contributed by atoms with Gasteiger partial charge in [-0.05, 0) is 32.7 Å². The van der Waals surface area contributed by atoms with Crippen LogP contribution in [0.1, 0.15) is 31.4 Å². The van der Waals surface area contributed by atoms with Crippen molar-refractivity contribution in [3.63, 3.8) is 0 Å². The molecule has 1 aromatic heterocycles. The molecule has 100 valence electrons. The standard InChI is InChI=1S/C14H24N4/c1-12-14(11-16(2)15-12)18-9-5-8-17-7-4-3-6-13(17)10-18/h11,13H,3-10H2,1-2H3.